The fraction of sp³-hybridized carbons (Fsp3) is 0.312. The lowest BCUT2D eigenvalue weighted by atomic mass is 9.95. The number of rotatable bonds is 5. The number of imide groups is 1. The molecule has 24 heavy (non-hydrogen) atoms. The molecular weight excluding hydrogens is 315 g/mol. The highest BCUT2D eigenvalue weighted by atomic mass is 19.1. The topological polar surface area (TPSA) is 76.5 Å². The molecule has 7 nitrogen and oxygen atoms in total. The van der Waals surface area contributed by atoms with E-state index >= 15 is 0 Å². The van der Waals surface area contributed by atoms with Crippen molar-refractivity contribution in [2.24, 2.45) is 7.05 Å². The number of benzene rings is 1. The summed E-state index contributed by atoms with van der Waals surface area (Å²) in [5, 5.41) is 6.73. The van der Waals surface area contributed by atoms with Crippen LogP contribution in [-0.4, -0.2) is 39.8 Å². The predicted octanol–water partition coefficient (Wildman–Crippen LogP) is 1.41. The van der Waals surface area contributed by atoms with Crippen LogP contribution in [0.1, 0.15) is 12.5 Å². The van der Waals surface area contributed by atoms with E-state index in [1.807, 2.05) is 0 Å². The Morgan fingerprint density at radius 2 is 2.00 bits per heavy atom. The lowest BCUT2D eigenvalue weighted by molar-refractivity contribution is -0.131. The molecule has 1 saturated heterocycles. The molecule has 1 aliphatic heterocycles. The summed E-state index contributed by atoms with van der Waals surface area (Å²) in [6.07, 6.45) is 3.24. The van der Waals surface area contributed by atoms with E-state index in [2.05, 4.69) is 10.4 Å². The maximum Gasteiger partial charge on any atom is 0.325 e. The van der Waals surface area contributed by atoms with Gasteiger partial charge in [0.15, 0.2) is 0 Å². The molecule has 126 valence electrons. The molecule has 1 aromatic heterocycles. The highest BCUT2D eigenvalue weighted by Gasteiger charge is 2.49. The van der Waals surface area contributed by atoms with E-state index in [0.717, 1.165) is 4.90 Å². The van der Waals surface area contributed by atoms with Gasteiger partial charge in [-0.05, 0) is 31.2 Å². The lowest BCUT2D eigenvalue weighted by Crippen LogP contribution is -2.41. The molecule has 0 saturated carbocycles. The number of aryl methyl sites for hydroxylation is 1. The Bertz CT molecular complexity index is 774. The second kappa shape index (κ2) is 5.95. The average molecular weight is 332 g/mol. The molecule has 3 rings (SSSR count). The van der Waals surface area contributed by atoms with Gasteiger partial charge < -0.3 is 10.1 Å². The quantitative estimate of drug-likeness (QED) is 0.840. The van der Waals surface area contributed by atoms with Crippen molar-refractivity contribution in [3.05, 3.63) is 48.0 Å². The van der Waals surface area contributed by atoms with Crippen molar-refractivity contribution in [3.8, 4) is 5.75 Å². The number of aromatic nitrogens is 2. The van der Waals surface area contributed by atoms with Gasteiger partial charge in [-0.2, -0.15) is 5.10 Å². The van der Waals surface area contributed by atoms with Crippen LogP contribution in [0.5, 0.6) is 5.75 Å². The summed E-state index contributed by atoms with van der Waals surface area (Å²) in [7, 11) is 1.74. The van der Waals surface area contributed by atoms with E-state index in [4.69, 9.17) is 4.74 Å². The molecule has 0 radical (unpaired) electrons. The minimum absolute atomic E-state index is 0.0951. The Morgan fingerprint density at radius 3 is 2.62 bits per heavy atom. The van der Waals surface area contributed by atoms with Crippen molar-refractivity contribution in [2.75, 3.05) is 13.2 Å². The zero-order valence-electron chi connectivity index (χ0n) is 13.3. The fourth-order valence-electron chi connectivity index (χ4n) is 2.56. The molecule has 2 heterocycles. The van der Waals surface area contributed by atoms with Crippen molar-refractivity contribution in [2.45, 2.75) is 12.5 Å². The molecule has 0 bridgehead atoms. The van der Waals surface area contributed by atoms with Crippen molar-refractivity contribution >= 4 is 11.9 Å². The van der Waals surface area contributed by atoms with Gasteiger partial charge in [-0.3, -0.25) is 14.4 Å². The average Bonchev–Trinajstić information content (AvgIpc) is 3.07. The summed E-state index contributed by atoms with van der Waals surface area (Å²) in [4.78, 5) is 25.9. The molecule has 3 amide bonds. The monoisotopic (exact) mass is 332 g/mol. The van der Waals surface area contributed by atoms with Crippen molar-refractivity contribution in [1.82, 2.24) is 20.0 Å². The van der Waals surface area contributed by atoms with Crippen LogP contribution >= 0.6 is 0 Å². The SMILES string of the molecule is Cn1cc(C2(C)NC(=O)N(CCOc3ccc(F)cc3)C2=O)cn1. The summed E-state index contributed by atoms with van der Waals surface area (Å²) in [6, 6.07) is 5.06. The number of halogens is 1. The van der Waals surface area contributed by atoms with Crippen LogP contribution in [0.25, 0.3) is 0 Å². The van der Waals surface area contributed by atoms with E-state index in [9.17, 15) is 14.0 Å². The van der Waals surface area contributed by atoms with Crippen LogP contribution in [0.4, 0.5) is 9.18 Å². The van der Waals surface area contributed by atoms with Crippen LogP contribution in [0, 0.1) is 5.82 Å². The summed E-state index contributed by atoms with van der Waals surface area (Å²) >= 11 is 0. The first kappa shape index (κ1) is 16.0. The smallest absolute Gasteiger partial charge is 0.325 e. The molecule has 1 N–H and O–H groups in total. The number of amides is 3. The number of carbonyl (C=O) groups excluding carboxylic acids is 2. The molecule has 0 aliphatic carbocycles. The zero-order valence-corrected chi connectivity index (χ0v) is 13.3. The minimum Gasteiger partial charge on any atom is -0.492 e. The van der Waals surface area contributed by atoms with E-state index in [0.29, 0.717) is 11.3 Å². The maximum atomic E-state index is 12.8. The lowest BCUT2D eigenvalue weighted by Gasteiger charge is -2.20. The third kappa shape index (κ3) is 2.82. The second-order valence-electron chi connectivity index (χ2n) is 5.72. The van der Waals surface area contributed by atoms with E-state index in [1.165, 1.54) is 24.3 Å². The maximum absolute atomic E-state index is 12.8. The summed E-state index contributed by atoms with van der Waals surface area (Å²) in [5.74, 6) is -0.245. The number of nitrogens with one attached hydrogen (secondary N) is 1. The number of hydrogen-bond donors (Lipinski definition) is 1. The Kier molecular flexibility index (Phi) is 3.96. The van der Waals surface area contributed by atoms with Gasteiger partial charge in [0.25, 0.3) is 5.91 Å². The van der Waals surface area contributed by atoms with Crippen molar-refractivity contribution in [1.29, 1.82) is 0 Å². The van der Waals surface area contributed by atoms with Crippen molar-refractivity contribution < 1.29 is 18.7 Å². The van der Waals surface area contributed by atoms with Gasteiger partial charge in [0.1, 0.15) is 23.7 Å². The standard InChI is InChI=1S/C16H17FN4O3/c1-16(11-9-18-20(2)10-11)14(22)21(15(23)19-16)7-8-24-13-5-3-12(17)4-6-13/h3-6,9-10H,7-8H2,1-2H3,(H,19,23). The predicted molar refractivity (Wildman–Crippen MR) is 82.7 cm³/mol. The molecule has 1 aromatic carbocycles. The number of hydrogen-bond acceptors (Lipinski definition) is 4. The Labute approximate surface area is 138 Å². The highest BCUT2D eigenvalue weighted by molar-refractivity contribution is 6.07. The van der Waals surface area contributed by atoms with E-state index in [1.54, 1.807) is 31.0 Å². The summed E-state index contributed by atoms with van der Waals surface area (Å²) < 4.78 is 19.8. The molecule has 0 spiro atoms. The van der Waals surface area contributed by atoms with Crippen LogP contribution in [-0.2, 0) is 17.4 Å². The van der Waals surface area contributed by atoms with Gasteiger partial charge in [-0.25, -0.2) is 9.18 Å². The van der Waals surface area contributed by atoms with Gasteiger partial charge >= 0.3 is 6.03 Å². The Balaban J connectivity index is 1.65. The van der Waals surface area contributed by atoms with Crippen LogP contribution < -0.4 is 10.1 Å². The van der Waals surface area contributed by atoms with Gasteiger partial charge in [-0.15, -0.1) is 0 Å². The molecule has 1 aliphatic rings. The highest BCUT2D eigenvalue weighted by Crippen LogP contribution is 2.28. The van der Waals surface area contributed by atoms with E-state index in [-0.39, 0.29) is 24.9 Å². The number of ether oxygens (including phenoxy) is 1. The molecule has 1 fully saturated rings. The third-order valence-corrected chi connectivity index (χ3v) is 3.95. The third-order valence-electron chi connectivity index (χ3n) is 3.95. The van der Waals surface area contributed by atoms with Crippen LogP contribution in [0.3, 0.4) is 0 Å². The summed E-state index contributed by atoms with van der Waals surface area (Å²) in [6.45, 7) is 1.86. The van der Waals surface area contributed by atoms with Crippen LogP contribution in [0.2, 0.25) is 0 Å². The Hall–Kier alpha value is -2.90. The van der Waals surface area contributed by atoms with Gasteiger partial charge in [-0.1, -0.05) is 0 Å². The minimum atomic E-state index is -1.14. The molecular formula is C16H17FN4O3. The van der Waals surface area contributed by atoms with E-state index < -0.39 is 11.6 Å². The fourth-order valence-corrected chi connectivity index (χ4v) is 2.56. The normalized spacial score (nSPS) is 20.4. The van der Waals surface area contributed by atoms with Gasteiger partial charge in [0.2, 0.25) is 0 Å². The van der Waals surface area contributed by atoms with Crippen LogP contribution in [0.15, 0.2) is 36.7 Å². The van der Waals surface area contributed by atoms with Gasteiger partial charge in [0, 0.05) is 18.8 Å². The summed E-state index contributed by atoms with van der Waals surface area (Å²) in [5.41, 5.74) is -0.522. The Morgan fingerprint density at radius 1 is 1.29 bits per heavy atom. The first-order chi connectivity index (χ1) is 11.4. The van der Waals surface area contributed by atoms with Crippen molar-refractivity contribution in [3.63, 3.8) is 0 Å². The molecule has 1 atom stereocenters. The molecule has 1 unspecified atom stereocenters. The largest absolute Gasteiger partial charge is 0.492 e. The first-order valence-electron chi connectivity index (χ1n) is 7.42. The second-order valence-corrected chi connectivity index (χ2v) is 5.72. The van der Waals surface area contributed by atoms with Gasteiger partial charge in [0.05, 0.1) is 12.7 Å². The number of urea groups is 1. The first-order valence-corrected chi connectivity index (χ1v) is 7.42. The molecule has 2 aromatic rings. The zero-order chi connectivity index (χ0) is 17.3. The number of carbonyl (C=O) groups is 2. The number of nitrogens with zero attached hydrogens (tertiary/aromatic N) is 3. The molecule has 8 heteroatoms.